The smallest absolute Gasteiger partial charge is 0.261 e. The highest BCUT2D eigenvalue weighted by molar-refractivity contribution is 7.19. The zero-order valence-corrected chi connectivity index (χ0v) is 11.8. The third kappa shape index (κ3) is 1.88. The van der Waals surface area contributed by atoms with Gasteiger partial charge >= 0.3 is 0 Å². The zero-order chi connectivity index (χ0) is 14.3. The summed E-state index contributed by atoms with van der Waals surface area (Å²) >= 11 is 1.27. The first-order valence-electron chi connectivity index (χ1n) is 6.12. The first kappa shape index (κ1) is 12.8. The Morgan fingerprint density at radius 2 is 2.30 bits per heavy atom. The molecule has 4 N–H and O–H groups in total. The molecular weight excluding hydrogens is 278 g/mol. The van der Waals surface area contributed by atoms with Gasteiger partial charge in [-0.05, 0) is 0 Å². The lowest BCUT2D eigenvalue weighted by Crippen LogP contribution is -2.33. The molecule has 0 saturated carbocycles. The summed E-state index contributed by atoms with van der Waals surface area (Å²) in [6.45, 7) is 2.29. The van der Waals surface area contributed by atoms with Gasteiger partial charge in [0.25, 0.3) is 5.91 Å². The van der Waals surface area contributed by atoms with Crippen LogP contribution in [0.1, 0.15) is 15.5 Å². The largest absolute Gasteiger partial charge is 0.492 e. The normalized spacial score (nSPS) is 14.2. The van der Waals surface area contributed by atoms with Crippen molar-refractivity contribution < 1.29 is 9.53 Å². The summed E-state index contributed by atoms with van der Waals surface area (Å²) in [6, 6.07) is 0. The number of thiophene rings is 1. The molecule has 0 atom stereocenters. The Balaban J connectivity index is 1.99. The van der Waals surface area contributed by atoms with Gasteiger partial charge in [-0.25, -0.2) is 4.98 Å². The maximum absolute atomic E-state index is 11.4. The fourth-order valence-electron chi connectivity index (χ4n) is 2.35. The molecule has 2 aromatic rings. The number of methoxy groups -OCH3 is 1. The molecule has 0 radical (unpaired) electrons. The molecule has 0 spiro atoms. The molecule has 3 rings (SSSR count). The average Bonchev–Trinajstić information content (AvgIpc) is 3.01. The van der Waals surface area contributed by atoms with E-state index in [4.69, 9.17) is 16.2 Å². The lowest BCUT2D eigenvalue weighted by molar-refractivity contribution is 0.100. The van der Waals surface area contributed by atoms with Gasteiger partial charge in [-0.2, -0.15) is 0 Å². The summed E-state index contributed by atoms with van der Waals surface area (Å²) in [7, 11) is 1.54. The van der Waals surface area contributed by atoms with Gasteiger partial charge in [0.1, 0.15) is 21.4 Å². The van der Waals surface area contributed by atoms with E-state index >= 15 is 0 Å². The van der Waals surface area contributed by atoms with Crippen LogP contribution >= 0.6 is 11.3 Å². The zero-order valence-electron chi connectivity index (χ0n) is 11.0. The standard InChI is InChI=1S/C12H15N5O2S/c1-19-9-8(13)10(11(14)18)20-12(9)17-5-4-16-3-2-15-7(16)6-17/h2-3H,4-6,13H2,1H3,(H2,14,18). The Hall–Kier alpha value is -2.22. The molecule has 0 saturated heterocycles. The molecule has 20 heavy (non-hydrogen) atoms. The van der Waals surface area contributed by atoms with Crippen LogP contribution in [0.3, 0.4) is 0 Å². The Labute approximate surface area is 119 Å². The fraction of sp³-hybridized carbons (Fsp3) is 0.333. The van der Waals surface area contributed by atoms with Crippen LogP contribution in [0.2, 0.25) is 0 Å². The number of imidazole rings is 1. The van der Waals surface area contributed by atoms with Crippen molar-refractivity contribution in [3.8, 4) is 5.75 Å². The van der Waals surface area contributed by atoms with Gasteiger partial charge in [0.15, 0.2) is 5.75 Å². The minimum atomic E-state index is -0.532. The lowest BCUT2D eigenvalue weighted by Gasteiger charge is -2.28. The van der Waals surface area contributed by atoms with Crippen LogP contribution in [0.4, 0.5) is 10.7 Å². The molecule has 2 aromatic heterocycles. The van der Waals surface area contributed by atoms with Crippen molar-refractivity contribution in [2.75, 3.05) is 24.3 Å². The van der Waals surface area contributed by atoms with E-state index in [2.05, 4.69) is 14.5 Å². The maximum atomic E-state index is 11.4. The number of ether oxygens (including phenoxy) is 1. The average molecular weight is 293 g/mol. The van der Waals surface area contributed by atoms with Crippen LogP contribution in [0, 0.1) is 0 Å². The first-order chi connectivity index (χ1) is 9.61. The van der Waals surface area contributed by atoms with E-state index in [1.165, 1.54) is 18.4 Å². The molecular formula is C12H15N5O2S. The minimum absolute atomic E-state index is 0.314. The second kappa shape index (κ2) is 4.71. The van der Waals surface area contributed by atoms with Gasteiger partial charge in [0.2, 0.25) is 0 Å². The number of nitrogen functional groups attached to an aromatic ring is 1. The van der Waals surface area contributed by atoms with E-state index in [0.29, 0.717) is 22.9 Å². The van der Waals surface area contributed by atoms with Crippen molar-refractivity contribution in [3.63, 3.8) is 0 Å². The molecule has 0 aliphatic carbocycles. The second-order valence-electron chi connectivity index (χ2n) is 4.51. The second-order valence-corrected chi connectivity index (χ2v) is 5.51. The highest BCUT2D eigenvalue weighted by Crippen LogP contribution is 2.45. The SMILES string of the molecule is COc1c(N2CCn3ccnc3C2)sc(C(N)=O)c1N. The van der Waals surface area contributed by atoms with Gasteiger partial charge in [0, 0.05) is 25.5 Å². The van der Waals surface area contributed by atoms with Gasteiger partial charge in [0.05, 0.1) is 13.7 Å². The van der Waals surface area contributed by atoms with Crippen molar-refractivity contribution in [2.45, 2.75) is 13.1 Å². The Kier molecular flexibility index (Phi) is 3.01. The van der Waals surface area contributed by atoms with Crippen LogP contribution < -0.4 is 21.1 Å². The molecule has 0 aromatic carbocycles. The third-order valence-corrected chi connectivity index (χ3v) is 4.60. The Bertz CT molecular complexity index is 663. The summed E-state index contributed by atoms with van der Waals surface area (Å²) in [5, 5.41) is 0.827. The number of aromatic nitrogens is 2. The molecule has 1 amide bonds. The number of nitrogens with zero attached hydrogens (tertiary/aromatic N) is 3. The summed E-state index contributed by atoms with van der Waals surface area (Å²) < 4.78 is 7.44. The molecule has 0 fully saturated rings. The number of primary amides is 1. The van der Waals surface area contributed by atoms with Gasteiger partial charge in [-0.3, -0.25) is 4.79 Å². The minimum Gasteiger partial charge on any atom is -0.492 e. The number of carbonyl (C=O) groups excluding carboxylic acids is 1. The Morgan fingerprint density at radius 1 is 1.50 bits per heavy atom. The van der Waals surface area contributed by atoms with Crippen LogP contribution in [0.5, 0.6) is 5.75 Å². The predicted octanol–water partition coefficient (Wildman–Crippen LogP) is 0.655. The molecule has 3 heterocycles. The van der Waals surface area contributed by atoms with Crippen LogP contribution in [-0.4, -0.2) is 29.1 Å². The highest BCUT2D eigenvalue weighted by Gasteiger charge is 2.26. The van der Waals surface area contributed by atoms with Crippen molar-refractivity contribution in [3.05, 3.63) is 23.1 Å². The number of hydrogen-bond donors (Lipinski definition) is 2. The highest BCUT2D eigenvalue weighted by atomic mass is 32.1. The predicted molar refractivity (Wildman–Crippen MR) is 77.1 cm³/mol. The number of hydrogen-bond acceptors (Lipinski definition) is 6. The van der Waals surface area contributed by atoms with Crippen molar-refractivity contribution >= 4 is 27.9 Å². The van der Waals surface area contributed by atoms with E-state index in [9.17, 15) is 4.79 Å². The van der Waals surface area contributed by atoms with Crippen molar-refractivity contribution in [1.29, 1.82) is 0 Å². The van der Waals surface area contributed by atoms with Crippen LogP contribution in [-0.2, 0) is 13.1 Å². The first-order valence-corrected chi connectivity index (χ1v) is 6.94. The molecule has 0 bridgehead atoms. The van der Waals surface area contributed by atoms with E-state index < -0.39 is 5.91 Å². The Morgan fingerprint density at radius 3 is 3.00 bits per heavy atom. The summed E-state index contributed by atoms with van der Waals surface area (Å²) in [4.78, 5) is 18.2. The molecule has 1 aliphatic rings. The van der Waals surface area contributed by atoms with Crippen LogP contribution in [0.15, 0.2) is 12.4 Å². The number of amides is 1. The fourth-order valence-corrected chi connectivity index (χ4v) is 3.42. The molecule has 0 unspecified atom stereocenters. The monoisotopic (exact) mass is 293 g/mol. The van der Waals surface area contributed by atoms with E-state index in [-0.39, 0.29) is 0 Å². The van der Waals surface area contributed by atoms with Gasteiger partial charge in [-0.1, -0.05) is 0 Å². The quantitative estimate of drug-likeness (QED) is 0.865. The third-order valence-electron chi connectivity index (χ3n) is 3.34. The van der Waals surface area contributed by atoms with Gasteiger partial charge in [-0.15, -0.1) is 11.3 Å². The molecule has 7 nitrogen and oxygen atoms in total. The van der Waals surface area contributed by atoms with E-state index in [0.717, 1.165) is 23.9 Å². The van der Waals surface area contributed by atoms with Gasteiger partial charge < -0.3 is 25.7 Å². The number of nitrogens with two attached hydrogens (primary N) is 2. The van der Waals surface area contributed by atoms with E-state index in [1.807, 2.05) is 6.20 Å². The molecule has 106 valence electrons. The summed E-state index contributed by atoms with van der Waals surface area (Å²) in [5.74, 6) is 0.963. The number of fused-ring (bicyclic) bond motifs is 1. The molecule has 8 heteroatoms. The van der Waals surface area contributed by atoms with Crippen molar-refractivity contribution in [2.24, 2.45) is 5.73 Å². The van der Waals surface area contributed by atoms with Crippen molar-refractivity contribution in [1.82, 2.24) is 9.55 Å². The lowest BCUT2D eigenvalue weighted by atomic mass is 10.3. The number of rotatable bonds is 3. The summed E-state index contributed by atoms with van der Waals surface area (Å²) in [6.07, 6.45) is 3.75. The topological polar surface area (TPSA) is 99.4 Å². The number of carbonyl (C=O) groups is 1. The maximum Gasteiger partial charge on any atom is 0.261 e. The van der Waals surface area contributed by atoms with E-state index in [1.54, 1.807) is 6.20 Å². The number of anilines is 2. The van der Waals surface area contributed by atoms with Crippen LogP contribution in [0.25, 0.3) is 0 Å². The summed E-state index contributed by atoms with van der Waals surface area (Å²) in [5.41, 5.74) is 11.6. The molecule has 1 aliphatic heterocycles.